The quantitative estimate of drug-likeness (QED) is 0.377. The molecule has 0 aliphatic carbocycles. The topological polar surface area (TPSA) is 46.4 Å². The van der Waals surface area contributed by atoms with Crippen molar-refractivity contribution in [1.82, 2.24) is 9.88 Å². The molecule has 1 saturated heterocycles. The number of aryl methyl sites for hydroxylation is 1. The van der Waals surface area contributed by atoms with Crippen molar-refractivity contribution in [1.29, 1.82) is 0 Å². The molecular formula is C22H18IN3OS. The maximum Gasteiger partial charge on any atom is 0.264 e. The van der Waals surface area contributed by atoms with Gasteiger partial charge in [-0.2, -0.15) is 0 Å². The van der Waals surface area contributed by atoms with E-state index in [4.69, 9.17) is 0 Å². The van der Waals surface area contributed by atoms with Gasteiger partial charge >= 0.3 is 0 Å². The molecule has 0 spiro atoms. The average Bonchev–Trinajstić information content (AvgIpc) is 3.16. The number of hydrogen-bond acceptors (Lipinski definition) is 3. The van der Waals surface area contributed by atoms with E-state index in [9.17, 15) is 4.79 Å². The number of thioether (sulfide) groups is 1. The lowest BCUT2D eigenvalue weighted by Crippen LogP contribution is -2.19. The summed E-state index contributed by atoms with van der Waals surface area (Å²) >= 11 is 3.68. The highest BCUT2D eigenvalue weighted by Gasteiger charge is 2.24. The predicted octanol–water partition coefficient (Wildman–Crippen LogP) is 5.59. The summed E-state index contributed by atoms with van der Waals surface area (Å²) in [4.78, 5) is 17.6. The zero-order chi connectivity index (χ0) is 19.7. The first-order valence-corrected chi connectivity index (χ1v) is 10.7. The third-order valence-corrected chi connectivity index (χ3v) is 6.11. The van der Waals surface area contributed by atoms with E-state index >= 15 is 0 Å². The van der Waals surface area contributed by atoms with Crippen LogP contribution in [0.1, 0.15) is 17.0 Å². The molecule has 4 nitrogen and oxygen atoms in total. The van der Waals surface area contributed by atoms with E-state index in [0.717, 1.165) is 28.3 Å². The van der Waals surface area contributed by atoms with Crippen LogP contribution in [0.5, 0.6) is 0 Å². The fraction of sp³-hybridized carbons (Fsp3) is 0.0909. The highest BCUT2D eigenvalue weighted by molar-refractivity contribution is 14.1. The molecule has 4 rings (SSSR count). The van der Waals surface area contributed by atoms with Crippen LogP contribution in [0.2, 0.25) is 0 Å². The number of nitrogens with one attached hydrogen (secondary N) is 1. The minimum Gasteiger partial charge on any atom is -0.318 e. The Balaban J connectivity index is 1.64. The van der Waals surface area contributed by atoms with Crippen molar-refractivity contribution in [2.75, 3.05) is 0 Å². The van der Waals surface area contributed by atoms with E-state index in [2.05, 4.69) is 81.6 Å². The van der Waals surface area contributed by atoms with Gasteiger partial charge in [-0.25, -0.2) is 4.99 Å². The Kier molecular flexibility index (Phi) is 5.41. The number of nitrogens with zero attached hydrogens (tertiary/aromatic N) is 2. The number of carbonyl (C=O) groups is 1. The van der Waals surface area contributed by atoms with Crippen LogP contribution in [0, 0.1) is 17.4 Å². The number of rotatable bonds is 3. The normalized spacial score (nSPS) is 16.8. The first kappa shape index (κ1) is 19.0. The SMILES string of the molecule is Cc1cc(/C=C2\SC(=Nc3ccccc3)NC2=O)c(C)n1-c1ccc(I)cc1. The summed E-state index contributed by atoms with van der Waals surface area (Å²) in [6.45, 7) is 4.16. The number of halogens is 1. The number of carbonyl (C=O) groups excluding carboxylic acids is 1. The zero-order valence-corrected chi connectivity index (χ0v) is 18.4. The van der Waals surface area contributed by atoms with E-state index in [1.54, 1.807) is 0 Å². The summed E-state index contributed by atoms with van der Waals surface area (Å²) in [6, 6.07) is 20.2. The number of amides is 1. The van der Waals surface area contributed by atoms with Crippen LogP contribution >= 0.6 is 34.4 Å². The molecule has 1 aliphatic heterocycles. The molecular weight excluding hydrogens is 481 g/mol. The van der Waals surface area contributed by atoms with Crippen LogP contribution in [0.3, 0.4) is 0 Å². The van der Waals surface area contributed by atoms with Crippen molar-refractivity contribution >= 4 is 57.2 Å². The van der Waals surface area contributed by atoms with Crippen LogP contribution in [-0.2, 0) is 4.79 Å². The van der Waals surface area contributed by atoms with E-state index in [1.807, 2.05) is 36.4 Å². The first-order chi connectivity index (χ1) is 13.5. The van der Waals surface area contributed by atoms with Crippen LogP contribution in [-0.4, -0.2) is 15.6 Å². The minimum atomic E-state index is -0.112. The van der Waals surface area contributed by atoms with Gasteiger partial charge < -0.3 is 9.88 Å². The molecule has 2 heterocycles. The lowest BCUT2D eigenvalue weighted by atomic mass is 10.2. The Bertz CT molecular complexity index is 1100. The van der Waals surface area contributed by atoms with Crippen LogP contribution in [0.25, 0.3) is 11.8 Å². The lowest BCUT2D eigenvalue weighted by Gasteiger charge is -2.09. The maximum atomic E-state index is 12.4. The van der Waals surface area contributed by atoms with Crippen molar-refractivity contribution in [2.24, 2.45) is 4.99 Å². The molecule has 0 unspecified atom stereocenters. The molecule has 1 fully saturated rings. The lowest BCUT2D eigenvalue weighted by molar-refractivity contribution is -0.115. The second-order valence-electron chi connectivity index (χ2n) is 6.46. The summed E-state index contributed by atoms with van der Waals surface area (Å²) in [5.74, 6) is -0.112. The Labute approximate surface area is 181 Å². The Morgan fingerprint density at radius 1 is 1.07 bits per heavy atom. The van der Waals surface area contributed by atoms with Gasteiger partial charge in [-0.15, -0.1) is 0 Å². The monoisotopic (exact) mass is 499 g/mol. The molecule has 6 heteroatoms. The highest BCUT2D eigenvalue weighted by atomic mass is 127. The van der Waals surface area contributed by atoms with Gasteiger partial charge in [0, 0.05) is 20.6 Å². The fourth-order valence-electron chi connectivity index (χ4n) is 3.16. The summed E-state index contributed by atoms with van der Waals surface area (Å²) in [5, 5.41) is 3.46. The second-order valence-corrected chi connectivity index (χ2v) is 8.73. The first-order valence-electron chi connectivity index (χ1n) is 8.81. The van der Waals surface area contributed by atoms with E-state index in [-0.39, 0.29) is 5.91 Å². The Hall–Kier alpha value is -2.32. The number of aromatic nitrogens is 1. The molecule has 0 saturated carbocycles. The summed E-state index contributed by atoms with van der Waals surface area (Å²) in [7, 11) is 0. The molecule has 0 atom stereocenters. The van der Waals surface area contributed by atoms with Gasteiger partial charge in [0.1, 0.15) is 0 Å². The van der Waals surface area contributed by atoms with Gasteiger partial charge in [-0.3, -0.25) is 4.79 Å². The Morgan fingerprint density at radius 3 is 2.50 bits per heavy atom. The largest absolute Gasteiger partial charge is 0.318 e. The van der Waals surface area contributed by atoms with Crippen molar-refractivity contribution in [2.45, 2.75) is 13.8 Å². The van der Waals surface area contributed by atoms with E-state index < -0.39 is 0 Å². The molecule has 3 aromatic rings. The molecule has 1 aliphatic rings. The molecule has 28 heavy (non-hydrogen) atoms. The number of amidine groups is 1. The summed E-state index contributed by atoms with van der Waals surface area (Å²) in [5.41, 5.74) is 5.22. The highest BCUT2D eigenvalue weighted by Crippen LogP contribution is 2.30. The molecule has 1 aromatic heterocycles. The van der Waals surface area contributed by atoms with Crippen molar-refractivity contribution in [3.63, 3.8) is 0 Å². The zero-order valence-electron chi connectivity index (χ0n) is 15.4. The average molecular weight is 499 g/mol. The van der Waals surface area contributed by atoms with Crippen LogP contribution in [0.15, 0.2) is 70.6 Å². The van der Waals surface area contributed by atoms with Gasteiger partial charge in [0.25, 0.3) is 5.91 Å². The fourth-order valence-corrected chi connectivity index (χ4v) is 4.36. The molecule has 0 bridgehead atoms. The standard InChI is InChI=1S/C22H18IN3OS/c1-14-12-16(15(2)26(14)19-10-8-17(23)9-11-19)13-20-21(27)25-22(28-20)24-18-6-4-3-5-7-18/h3-13H,1-2H3,(H,24,25,27)/b20-13-. The van der Waals surface area contributed by atoms with Gasteiger partial charge in [0.15, 0.2) is 5.17 Å². The number of aliphatic imine (C=N–C) groups is 1. The molecule has 0 radical (unpaired) electrons. The molecule has 1 amide bonds. The minimum absolute atomic E-state index is 0.112. The van der Waals surface area contributed by atoms with E-state index in [1.165, 1.54) is 15.3 Å². The predicted molar refractivity (Wildman–Crippen MR) is 125 cm³/mol. The van der Waals surface area contributed by atoms with Crippen LogP contribution in [0.4, 0.5) is 5.69 Å². The van der Waals surface area contributed by atoms with Crippen molar-refractivity contribution in [3.05, 3.63) is 86.1 Å². The number of para-hydroxylation sites is 1. The van der Waals surface area contributed by atoms with Crippen LogP contribution < -0.4 is 5.32 Å². The van der Waals surface area contributed by atoms with E-state index in [0.29, 0.717) is 10.1 Å². The molecule has 140 valence electrons. The molecule has 1 N–H and O–H groups in total. The van der Waals surface area contributed by atoms with Gasteiger partial charge in [-0.05, 0) is 102 Å². The Morgan fingerprint density at radius 2 is 1.79 bits per heavy atom. The van der Waals surface area contributed by atoms with Gasteiger partial charge in [0.05, 0.1) is 10.6 Å². The van der Waals surface area contributed by atoms with Gasteiger partial charge in [-0.1, -0.05) is 18.2 Å². The van der Waals surface area contributed by atoms with Gasteiger partial charge in [0.2, 0.25) is 0 Å². The summed E-state index contributed by atoms with van der Waals surface area (Å²) < 4.78 is 3.41. The maximum absolute atomic E-state index is 12.4. The third kappa shape index (κ3) is 3.93. The second kappa shape index (κ2) is 7.97. The number of benzene rings is 2. The summed E-state index contributed by atoms with van der Waals surface area (Å²) in [6.07, 6.45) is 1.94. The third-order valence-electron chi connectivity index (χ3n) is 4.48. The van der Waals surface area contributed by atoms with Crippen molar-refractivity contribution < 1.29 is 4.79 Å². The number of hydrogen-bond donors (Lipinski definition) is 1. The smallest absolute Gasteiger partial charge is 0.264 e. The molecule has 2 aromatic carbocycles. The van der Waals surface area contributed by atoms with Crippen molar-refractivity contribution in [3.8, 4) is 5.69 Å².